The van der Waals surface area contributed by atoms with Crippen LogP contribution >= 0.6 is 0 Å². The molecule has 2 aliphatic rings. The molecule has 2 heterocycles. The third kappa shape index (κ3) is 2.10. The highest BCUT2D eigenvalue weighted by atomic mass is 16.5. The quantitative estimate of drug-likeness (QED) is 0.874. The van der Waals surface area contributed by atoms with Gasteiger partial charge in [0.15, 0.2) is 0 Å². The van der Waals surface area contributed by atoms with Crippen molar-refractivity contribution < 1.29 is 9.53 Å². The molecule has 0 radical (unpaired) electrons. The van der Waals surface area contributed by atoms with Crippen LogP contribution in [0.25, 0.3) is 0 Å². The first-order valence-electron chi connectivity index (χ1n) is 7.77. The van der Waals surface area contributed by atoms with E-state index >= 15 is 0 Å². The second-order valence-electron chi connectivity index (χ2n) is 6.81. The molecule has 1 aliphatic carbocycles. The van der Waals surface area contributed by atoms with E-state index in [1.165, 1.54) is 0 Å². The predicted molar refractivity (Wildman–Crippen MR) is 80.6 cm³/mol. The molecule has 3 rings (SSSR count). The number of carbonyl (C=O) groups excluding carboxylic acids is 1. The summed E-state index contributed by atoms with van der Waals surface area (Å²) in [5.74, 6) is 0.110. The number of nitrogens with zero attached hydrogens (tertiary/aromatic N) is 1. The average molecular weight is 291 g/mol. The molecular weight excluding hydrogens is 266 g/mol. The zero-order valence-corrected chi connectivity index (χ0v) is 12.8. The van der Waals surface area contributed by atoms with Gasteiger partial charge in [0.05, 0.1) is 6.10 Å². The van der Waals surface area contributed by atoms with Crippen molar-refractivity contribution in [1.29, 1.82) is 0 Å². The van der Waals surface area contributed by atoms with Gasteiger partial charge < -0.3 is 20.4 Å². The number of amides is 1. The molecule has 3 unspecified atom stereocenters. The zero-order chi connectivity index (χ0) is 15.1. The zero-order valence-electron chi connectivity index (χ0n) is 12.8. The monoisotopic (exact) mass is 291 g/mol. The minimum absolute atomic E-state index is 0.0357. The van der Waals surface area contributed by atoms with Crippen molar-refractivity contribution in [1.82, 2.24) is 9.88 Å². The molecular formula is C16H25N3O2. The minimum Gasteiger partial charge on any atom is -0.377 e. The molecule has 5 heteroatoms. The molecule has 0 spiro atoms. The first-order valence-corrected chi connectivity index (χ1v) is 7.77. The van der Waals surface area contributed by atoms with E-state index in [-0.39, 0.29) is 23.3 Å². The molecule has 0 bridgehead atoms. The number of aromatic nitrogens is 1. The molecule has 3 N–H and O–H groups in total. The first-order chi connectivity index (χ1) is 9.98. The fourth-order valence-electron chi connectivity index (χ4n) is 4.00. The fourth-order valence-corrected chi connectivity index (χ4v) is 4.00. The Balaban J connectivity index is 1.62. The van der Waals surface area contributed by atoms with E-state index in [1.807, 2.05) is 42.9 Å². The number of nitrogens with one attached hydrogen (secondary N) is 1. The van der Waals surface area contributed by atoms with Crippen LogP contribution in [0.4, 0.5) is 0 Å². The standard InChI is InChI=1S/C16H25N3O2/c1-15(2)13-12(6-5-11-21-13)16(15,17)14(20)18-7-10-19-8-3-4-9-19/h3-4,8-9,12-13H,5-7,10-11,17H2,1-2H3,(H,18,20). The van der Waals surface area contributed by atoms with Gasteiger partial charge >= 0.3 is 0 Å². The molecule has 1 aromatic rings. The van der Waals surface area contributed by atoms with Gasteiger partial charge in [-0.3, -0.25) is 4.79 Å². The summed E-state index contributed by atoms with van der Waals surface area (Å²) in [6, 6.07) is 3.95. The largest absolute Gasteiger partial charge is 0.377 e. The highest BCUT2D eigenvalue weighted by Gasteiger charge is 2.70. The van der Waals surface area contributed by atoms with Gasteiger partial charge in [0.25, 0.3) is 0 Å². The molecule has 1 amide bonds. The summed E-state index contributed by atoms with van der Waals surface area (Å²) in [7, 11) is 0. The van der Waals surface area contributed by atoms with Crippen LogP contribution in [0.3, 0.4) is 0 Å². The van der Waals surface area contributed by atoms with Crippen LogP contribution in [-0.4, -0.2) is 35.3 Å². The Hall–Kier alpha value is -1.33. The molecule has 1 saturated carbocycles. The second-order valence-corrected chi connectivity index (χ2v) is 6.81. The molecule has 1 aromatic heterocycles. The van der Waals surface area contributed by atoms with Crippen LogP contribution in [0.5, 0.6) is 0 Å². The van der Waals surface area contributed by atoms with Gasteiger partial charge in [-0.15, -0.1) is 0 Å². The van der Waals surface area contributed by atoms with Crippen molar-refractivity contribution in [2.75, 3.05) is 13.2 Å². The van der Waals surface area contributed by atoms with Crippen molar-refractivity contribution in [2.24, 2.45) is 17.1 Å². The predicted octanol–water partition coefficient (Wildman–Crippen LogP) is 1.14. The minimum atomic E-state index is -0.811. The summed E-state index contributed by atoms with van der Waals surface area (Å²) in [5, 5.41) is 3.01. The van der Waals surface area contributed by atoms with Crippen LogP contribution in [0.15, 0.2) is 24.5 Å². The highest BCUT2D eigenvalue weighted by Crippen LogP contribution is 2.57. The first kappa shape index (κ1) is 14.6. The van der Waals surface area contributed by atoms with Crippen molar-refractivity contribution >= 4 is 5.91 Å². The van der Waals surface area contributed by atoms with Gasteiger partial charge in [0.2, 0.25) is 5.91 Å². The van der Waals surface area contributed by atoms with E-state index in [9.17, 15) is 4.79 Å². The van der Waals surface area contributed by atoms with Gasteiger partial charge in [-0.2, -0.15) is 0 Å². The maximum atomic E-state index is 12.6. The van der Waals surface area contributed by atoms with Gasteiger partial charge in [-0.05, 0) is 25.0 Å². The Morgan fingerprint density at radius 2 is 2.14 bits per heavy atom. The lowest BCUT2D eigenvalue weighted by Crippen LogP contribution is -2.82. The van der Waals surface area contributed by atoms with E-state index < -0.39 is 5.54 Å². The summed E-state index contributed by atoms with van der Waals surface area (Å²) in [6.07, 6.45) is 6.07. The summed E-state index contributed by atoms with van der Waals surface area (Å²) in [5.41, 5.74) is 5.42. The lowest BCUT2D eigenvalue weighted by molar-refractivity contribution is -0.225. The summed E-state index contributed by atoms with van der Waals surface area (Å²) < 4.78 is 7.88. The van der Waals surface area contributed by atoms with Crippen molar-refractivity contribution in [3.05, 3.63) is 24.5 Å². The second kappa shape index (κ2) is 5.14. The van der Waals surface area contributed by atoms with Crippen molar-refractivity contribution in [3.8, 4) is 0 Å². The van der Waals surface area contributed by atoms with Crippen molar-refractivity contribution in [2.45, 2.75) is 44.9 Å². The Kier molecular flexibility index (Phi) is 3.58. The highest BCUT2D eigenvalue weighted by molar-refractivity contribution is 5.89. The molecule has 1 aliphatic heterocycles. The number of carbonyl (C=O) groups is 1. The van der Waals surface area contributed by atoms with Crippen LogP contribution in [-0.2, 0) is 16.1 Å². The maximum Gasteiger partial charge on any atom is 0.241 e. The lowest BCUT2D eigenvalue weighted by atomic mass is 9.46. The van der Waals surface area contributed by atoms with E-state index in [0.717, 1.165) is 26.0 Å². The maximum absolute atomic E-state index is 12.6. The number of nitrogens with two attached hydrogens (primary N) is 1. The van der Waals surface area contributed by atoms with E-state index in [1.54, 1.807) is 0 Å². The Morgan fingerprint density at radius 1 is 1.43 bits per heavy atom. The van der Waals surface area contributed by atoms with Gasteiger partial charge in [0, 0.05) is 43.4 Å². The van der Waals surface area contributed by atoms with E-state index in [2.05, 4.69) is 5.32 Å². The molecule has 5 nitrogen and oxygen atoms in total. The van der Waals surface area contributed by atoms with E-state index in [0.29, 0.717) is 6.54 Å². The fraction of sp³-hybridized carbons (Fsp3) is 0.688. The molecule has 21 heavy (non-hydrogen) atoms. The van der Waals surface area contributed by atoms with Crippen molar-refractivity contribution in [3.63, 3.8) is 0 Å². The molecule has 116 valence electrons. The smallest absolute Gasteiger partial charge is 0.241 e. The SMILES string of the molecule is CC1(C)C2OCCCC2C1(N)C(=O)NCCn1cccc1. The van der Waals surface area contributed by atoms with Crippen LogP contribution in [0.1, 0.15) is 26.7 Å². The number of ether oxygens (including phenoxy) is 1. The topological polar surface area (TPSA) is 69.3 Å². The van der Waals surface area contributed by atoms with Gasteiger partial charge in [-0.25, -0.2) is 0 Å². The third-order valence-electron chi connectivity index (χ3n) is 5.38. The molecule has 1 saturated heterocycles. The Morgan fingerprint density at radius 3 is 2.86 bits per heavy atom. The van der Waals surface area contributed by atoms with Crippen LogP contribution in [0.2, 0.25) is 0 Å². The van der Waals surface area contributed by atoms with Gasteiger partial charge in [0.1, 0.15) is 5.54 Å². The van der Waals surface area contributed by atoms with Crippen LogP contribution < -0.4 is 11.1 Å². The normalized spacial score (nSPS) is 33.9. The number of rotatable bonds is 4. The molecule has 0 aromatic carbocycles. The number of fused-ring (bicyclic) bond motifs is 1. The number of hydrogen-bond donors (Lipinski definition) is 2. The molecule has 2 fully saturated rings. The molecule has 3 atom stereocenters. The van der Waals surface area contributed by atoms with Crippen LogP contribution in [0, 0.1) is 11.3 Å². The van der Waals surface area contributed by atoms with Gasteiger partial charge in [-0.1, -0.05) is 13.8 Å². The summed E-state index contributed by atoms with van der Waals surface area (Å²) in [6.45, 7) is 6.24. The summed E-state index contributed by atoms with van der Waals surface area (Å²) >= 11 is 0. The Labute approximate surface area is 125 Å². The number of hydrogen-bond acceptors (Lipinski definition) is 3. The summed E-state index contributed by atoms with van der Waals surface area (Å²) in [4.78, 5) is 12.6. The van der Waals surface area contributed by atoms with E-state index in [4.69, 9.17) is 10.5 Å². The third-order valence-corrected chi connectivity index (χ3v) is 5.38. The Bertz CT molecular complexity index is 512. The average Bonchev–Trinajstić information content (AvgIpc) is 2.99. The lowest BCUT2D eigenvalue weighted by Gasteiger charge is -2.65.